The summed E-state index contributed by atoms with van der Waals surface area (Å²) in [4.78, 5) is 16.7. The summed E-state index contributed by atoms with van der Waals surface area (Å²) in [7, 11) is 3.29. The van der Waals surface area contributed by atoms with Crippen molar-refractivity contribution in [2.75, 3.05) is 51.9 Å². The van der Waals surface area contributed by atoms with Crippen molar-refractivity contribution in [3.8, 4) is 17.2 Å². The van der Waals surface area contributed by atoms with Gasteiger partial charge in [-0.05, 0) is 42.8 Å². The van der Waals surface area contributed by atoms with Gasteiger partial charge in [0.25, 0.3) is 0 Å². The van der Waals surface area contributed by atoms with Gasteiger partial charge in [0.15, 0.2) is 11.5 Å². The third-order valence-electron chi connectivity index (χ3n) is 4.92. The smallest absolute Gasteiger partial charge is 0.246 e. The van der Waals surface area contributed by atoms with E-state index in [1.54, 1.807) is 20.3 Å². The van der Waals surface area contributed by atoms with Gasteiger partial charge in [0, 0.05) is 32.3 Å². The molecule has 1 aliphatic heterocycles. The molecule has 2 aromatic rings. The lowest BCUT2D eigenvalue weighted by Gasteiger charge is -2.36. The van der Waals surface area contributed by atoms with Gasteiger partial charge in [0.2, 0.25) is 5.91 Å². The Morgan fingerprint density at radius 3 is 2.38 bits per heavy atom. The van der Waals surface area contributed by atoms with Gasteiger partial charge >= 0.3 is 0 Å². The molecular weight excluding hydrogens is 368 g/mol. The maximum atomic E-state index is 12.6. The van der Waals surface area contributed by atoms with Crippen LogP contribution in [0.5, 0.6) is 17.2 Å². The Bertz CT molecular complexity index is 858. The normalized spacial score (nSPS) is 14.2. The molecule has 1 fully saturated rings. The topological polar surface area (TPSA) is 51.2 Å². The van der Waals surface area contributed by atoms with E-state index in [1.165, 1.54) is 0 Å². The molecule has 0 saturated carbocycles. The number of hydrogen-bond donors (Lipinski definition) is 0. The summed E-state index contributed by atoms with van der Waals surface area (Å²) in [5.74, 6) is 2.23. The molecule has 0 N–H and O–H groups in total. The maximum Gasteiger partial charge on any atom is 0.246 e. The van der Waals surface area contributed by atoms with E-state index in [4.69, 9.17) is 14.2 Å². The third kappa shape index (κ3) is 5.02. The van der Waals surface area contributed by atoms with Gasteiger partial charge in [-0.15, -0.1) is 0 Å². The van der Waals surface area contributed by atoms with E-state index in [-0.39, 0.29) is 5.91 Å². The quantitative estimate of drug-likeness (QED) is 0.671. The second-order valence-corrected chi connectivity index (χ2v) is 6.66. The summed E-state index contributed by atoms with van der Waals surface area (Å²) in [6.07, 6.45) is 3.44. The second-order valence-electron chi connectivity index (χ2n) is 6.66. The molecule has 3 rings (SSSR count). The molecule has 1 heterocycles. The molecule has 0 atom stereocenters. The highest BCUT2D eigenvalue weighted by Gasteiger charge is 2.21. The average Bonchev–Trinajstić information content (AvgIpc) is 2.78. The number of para-hydroxylation sites is 2. The molecule has 6 nitrogen and oxygen atoms in total. The number of carbonyl (C=O) groups excluding carboxylic acids is 1. The number of methoxy groups -OCH3 is 2. The van der Waals surface area contributed by atoms with Crippen LogP contribution in [0.3, 0.4) is 0 Å². The lowest BCUT2D eigenvalue weighted by molar-refractivity contribution is -0.126. The SMILES string of the molecule is CCOc1cc(/C=C/C(=O)N2CCN(c3ccccc3OC)CC2)ccc1OC. The van der Waals surface area contributed by atoms with Gasteiger partial charge in [-0.25, -0.2) is 0 Å². The van der Waals surface area contributed by atoms with Crippen LogP contribution in [0.4, 0.5) is 5.69 Å². The maximum absolute atomic E-state index is 12.6. The highest BCUT2D eigenvalue weighted by molar-refractivity contribution is 5.92. The van der Waals surface area contributed by atoms with Crippen LogP contribution in [0.15, 0.2) is 48.5 Å². The first-order valence-corrected chi connectivity index (χ1v) is 9.82. The Morgan fingerprint density at radius 1 is 0.966 bits per heavy atom. The first-order valence-electron chi connectivity index (χ1n) is 9.82. The third-order valence-corrected chi connectivity index (χ3v) is 4.92. The molecular formula is C23H28N2O4. The summed E-state index contributed by atoms with van der Waals surface area (Å²) >= 11 is 0. The first kappa shape index (κ1) is 20.6. The van der Waals surface area contributed by atoms with Crippen LogP contribution in [-0.2, 0) is 4.79 Å². The minimum absolute atomic E-state index is 0.0125. The second kappa shape index (κ2) is 9.87. The highest BCUT2D eigenvalue weighted by Crippen LogP contribution is 2.29. The Morgan fingerprint density at radius 2 is 1.69 bits per heavy atom. The predicted molar refractivity (Wildman–Crippen MR) is 115 cm³/mol. The lowest BCUT2D eigenvalue weighted by atomic mass is 10.1. The molecule has 154 valence electrons. The number of rotatable bonds is 7. The number of amides is 1. The summed E-state index contributed by atoms with van der Waals surface area (Å²) in [6.45, 7) is 5.38. The van der Waals surface area contributed by atoms with Crippen molar-refractivity contribution in [1.29, 1.82) is 0 Å². The van der Waals surface area contributed by atoms with Crippen LogP contribution in [0.1, 0.15) is 12.5 Å². The van der Waals surface area contributed by atoms with Gasteiger partial charge in [-0.1, -0.05) is 18.2 Å². The van der Waals surface area contributed by atoms with E-state index in [9.17, 15) is 4.79 Å². The van der Waals surface area contributed by atoms with E-state index < -0.39 is 0 Å². The largest absolute Gasteiger partial charge is 0.495 e. The molecule has 1 saturated heterocycles. The van der Waals surface area contributed by atoms with Crippen LogP contribution in [0.2, 0.25) is 0 Å². The van der Waals surface area contributed by atoms with Crippen LogP contribution in [-0.4, -0.2) is 57.8 Å². The van der Waals surface area contributed by atoms with E-state index in [0.29, 0.717) is 31.2 Å². The monoisotopic (exact) mass is 396 g/mol. The number of anilines is 1. The van der Waals surface area contributed by atoms with E-state index >= 15 is 0 Å². The van der Waals surface area contributed by atoms with Crippen LogP contribution in [0, 0.1) is 0 Å². The van der Waals surface area contributed by atoms with Gasteiger partial charge < -0.3 is 24.0 Å². The standard InChI is InChI=1S/C23H28N2O4/c1-4-29-22-17-18(9-11-21(22)28-3)10-12-23(26)25-15-13-24(14-16-25)19-7-5-6-8-20(19)27-2/h5-12,17H,4,13-16H2,1-3H3/b12-10+. The summed E-state index contributed by atoms with van der Waals surface area (Å²) in [5.41, 5.74) is 1.97. The van der Waals surface area contributed by atoms with E-state index in [1.807, 2.05) is 54.3 Å². The molecule has 0 radical (unpaired) electrons. The molecule has 0 unspecified atom stereocenters. The van der Waals surface area contributed by atoms with Crippen molar-refractivity contribution in [2.45, 2.75) is 6.92 Å². The Balaban J connectivity index is 1.60. The number of carbonyl (C=O) groups is 1. The Labute approximate surface area is 172 Å². The minimum atomic E-state index is 0.0125. The fourth-order valence-corrected chi connectivity index (χ4v) is 3.40. The molecule has 29 heavy (non-hydrogen) atoms. The van der Waals surface area contributed by atoms with E-state index in [0.717, 1.165) is 30.1 Å². The van der Waals surface area contributed by atoms with Crippen molar-refractivity contribution in [1.82, 2.24) is 4.90 Å². The molecule has 1 aliphatic rings. The minimum Gasteiger partial charge on any atom is -0.495 e. The fraction of sp³-hybridized carbons (Fsp3) is 0.348. The van der Waals surface area contributed by atoms with Crippen molar-refractivity contribution in [3.05, 3.63) is 54.1 Å². The zero-order chi connectivity index (χ0) is 20.6. The molecule has 0 aromatic heterocycles. The Kier molecular flexibility index (Phi) is 7.00. The van der Waals surface area contributed by atoms with Gasteiger partial charge in [0.1, 0.15) is 5.75 Å². The average molecular weight is 396 g/mol. The summed E-state index contributed by atoms with van der Waals surface area (Å²) < 4.78 is 16.3. The van der Waals surface area contributed by atoms with Crippen LogP contribution < -0.4 is 19.1 Å². The number of nitrogens with zero attached hydrogens (tertiary/aromatic N) is 2. The highest BCUT2D eigenvalue weighted by atomic mass is 16.5. The van der Waals surface area contributed by atoms with Crippen molar-refractivity contribution in [2.24, 2.45) is 0 Å². The molecule has 1 amide bonds. The first-order chi connectivity index (χ1) is 14.2. The molecule has 0 bridgehead atoms. The molecule has 0 spiro atoms. The fourth-order valence-electron chi connectivity index (χ4n) is 3.40. The van der Waals surface area contributed by atoms with Crippen LogP contribution in [0.25, 0.3) is 6.08 Å². The number of hydrogen-bond acceptors (Lipinski definition) is 5. The summed E-state index contributed by atoms with van der Waals surface area (Å²) in [6, 6.07) is 13.6. The number of benzene rings is 2. The molecule has 0 aliphatic carbocycles. The summed E-state index contributed by atoms with van der Waals surface area (Å²) in [5, 5.41) is 0. The predicted octanol–water partition coefficient (Wildman–Crippen LogP) is 3.46. The van der Waals surface area contributed by atoms with Crippen molar-refractivity contribution in [3.63, 3.8) is 0 Å². The molecule has 2 aromatic carbocycles. The molecule has 6 heteroatoms. The van der Waals surface area contributed by atoms with Gasteiger partial charge in [0.05, 0.1) is 26.5 Å². The zero-order valence-electron chi connectivity index (χ0n) is 17.3. The van der Waals surface area contributed by atoms with Gasteiger partial charge in [-0.2, -0.15) is 0 Å². The van der Waals surface area contributed by atoms with Crippen LogP contribution >= 0.6 is 0 Å². The van der Waals surface area contributed by atoms with E-state index in [2.05, 4.69) is 11.0 Å². The number of piperazine rings is 1. The van der Waals surface area contributed by atoms with Gasteiger partial charge in [-0.3, -0.25) is 4.79 Å². The Hall–Kier alpha value is -3.15. The number of ether oxygens (including phenoxy) is 3. The van der Waals surface area contributed by atoms with Crippen molar-refractivity contribution >= 4 is 17.7 Å². The van der Waals surface area contributed by atoms with Crippen molar-refractivity contribution < 1.29 is 19.0 Å². The zero-order valence-corrected chi connectivity index (χ0v) is 17.3. The lowest BCUT2D eigenvalue weighted by Crippen LogP contribution is -2.48.